The van der Waals surface area contributed by atoms with E-state index in [0.717, 1.165) is 73.8 Å². The smallest absolute Gasteiger partial charge is 0.239 e. The van der Waals surface area contributed by atoms with Gasteiger partial charge in [0.15, 0.2) is 0 Å². The molecule has 0 saturated heterocycles. The van der Waals surface area contributed by atoms with Crippen LogP contribution in [0.5, 0.6) is 5.75 Å². The number of nitrogens with one attached hydrogen (secondary N) is 1. The summed E-state index contributed by atoms with van der Waals surface area (Å²) in [5.74, 6) is -0.291. The van der Waals surface area contributed by atoms with Crippen LogP contribution in [0, 0.1) is 0 Å². The molecule has 242 valence electrons. The van der Waals surface area contributed by atoms with Crippen LogP contribution < -0.4 is 11.1 Å². The number of amides is 1. The van der Waals surface area contributed by atoms with Gasteiger partial charge in [-0.1, -0.05) is 123 Å². The molecule has 2 heterocycles. The van der Waals surface area contributed by atoms with Crippen LogP contribution >= 0.6 is 11.8 Å². The Morgan fingerprint density at radius 2 is 1.46 bits per heavy atom. The van der Waals surface area contributed by atoms with Crippen LogP contribution in [0.3, 0.4) is 0 Å². The zero-order chi connectivity index (χ0) is 33.3. The van der Waals surface area contributed by atoms with Crippen LogP contribution in [0.25, 0.3) is 22.2 Å². The minimum atomic E-state index is -0.912. The SMILES string of the molecule is CCN(CC)CCn1nc2c3c(c(C(NC(c4ccccc4)(c4ccccc4)c4ccccc4)C(N)=O)ccc31)Sc1ccc(O)cc1-2. The highest BCUT2D eigenvalue weighted by Gasteiger charge is 2.41. The number of primary amides is 1. The molecule has 1 aromatic heterocycles. The highest BCUT2D eigenvalue weighted by molar-refractivity contribution is 7.99. The Labute approximate surface area is 285 Å². The van der Waals surface area contributed by atoms with Crippen molar-refractivity contribution in [3.63, 3.8) is 0 Å². The van der Waals surface area contributed by atoms with Gasteiger partial charge in [-0.15, -0.1) is 0 Å². The second-order valence-electron chi connectivity index (χ2n) is 12.1. The van der Waals surface area contributed by atoms with E-state index in [2.05, 4.69) is 71.2 Å². The Bertz CT molecular complexity index is 1960. The van der Waals surface area contributed by atoms with Crippen LogP contribution in [-0.2, 0) is 16.9 Å². The third-order valence-electron chi connectivity index (χ3n) is 9.43. The van der Waals surface area contributed by atoms with Gasteiger partial charge in [0.1, 0.15) is 17.5 Å². The summed E-state index contributed by atoms with van der Waals surface area (Å²) in [6, 6.07) is 39.3. The van der Waals surface area contributed by atoms with Crippen molar-refractivity contribution in [3.05, 3.63) is 144 Å². The summed E-state index contributed by atoms with van der Waals surface area (Å²) in [5.41, 5.74) is 11.9. The van der Waals surface area contributed by atoms with Gasteiger partial charge in [-0.3, -0.25) is 14.8 Å². The molecule has 1 atom stereocenters. The van der Waals surface area contributed by atoms with Gasteiger partial charge < -0.3 is 15.7 Å². The molecule has 1 unspecified atom stereocenters. The van der Waals surface area contributed by atoms with E-state index in [1.54, 1.807) is 23.9 Å². The van der Waals surface area contributed by atoms with Crippen molar-refractivity contribution in [1.82, 2.24) is 20.0 Å². The number of hydrogen-bond donors (Lipinski definition) is 3. The van der Waals surface area contributed by atoms with E-state index < -0.39 is 17.5 Å². The van der Waals surface area contributed by atoms with Gasteiger partial charge >= 0.3 is 0 Å². The second-order valence-corrected chi connectivity index (χ2v) is 13.1. The number of aromatic hydroxyl groups is 1. The van der Waals surface area contributed by atoms with E-state index in [-0.39, 0.29) is 5.75 Å². The lowest BCUT2D eigenvalue weighted by molar-refractivity contribution is -0.120. The summed E-state index contributed by atoms with van der Waals surface area (Å²) in [4.78, 5) is 18.1. The van der Waals surface area contributed by atoms with Gasteiger partial charge in [0.25, 0.3) is 0 Å². The van der Waals surface area contributed by atoms with E-state index in [1.165, 1.54) is 0 Å². The summed E-state index contributed by atoms with van der Waals surface area (Å²) in [5, 5.41) is 20.4. The van der Waals surface area contributed by atoms with Gasteiger partial charge in [-0.2, -0.15) is 5.10 Å². The molecule has 1 amide bonds. The summed E-state index contributed by atoms with van der Waals surface area (Å²) >= 11 is 1.59. The Kier molecular flexibility index (Phi) is 8.79. The average Bonchev–Trinajstić information content (AvgIpc) is 3.50. The van der Waals surface area contributed by atoms with Gasteiger partial charge in [0, 0.05) is 27.3 Å². The van der Waals surface area contributed by atoms with E-state index in [0.29, 0.717) is 6.54 Å². The first-order valence-electron chi connectivity index (χ1n) is 16.4. The fourth-order valence-corrected chi connectivity index (χ4v) is 8.19. The van der Waals surface area contributed by atoms with E-state index >= 15 is 0 Å². The minimum absolute atomic E-state index is 0.190. The lowest BCUT2D eigenvalue weighted by atomic mass is 9.76. The predicted molar refractivity (Wildman–Crippen MR) is 193 cm³/mol. The number of carbonyl (C=O) groups is 1. The fourth-order valence-electron chi connectivity index (χ4n) is 6.96. The third kappa shape index (κ3) is 5.56. The van der Waals surface area contributed by atoms with Gasteiger partial charge in [0.05, 0.1) is 17.6 Å². The Morgan fingerprint density at radius 3 is 2.00 bits per heavy atom. The molecule has 6 aromatic rings. The number of phenols is 1. The van der Waals surface area contributed by atoms with Crippen molar-refractivity contribution < 1.29 is 9.90 Å². The van der Waals surface area contributed by atoms with Crippen LogP contribution in [0.4, 0.5) is 0 Å². The number of likely N-dealkylation sites (N-methyl/N-ethyl adjacent to an activating group) is 1. The van der Waals surface area contributed by atoms with Gasteiger partial charge in [-0.05, 0) is 59.6 Å². The van der Waals surface area contributed by atoms with Crippen molar-refractivity contribution in [2.45, 2.75) is 41.8 Å². The number of phenolic OH excluding ortho intramolecular Hbond substituents is 1. The number of hydrogen-bond acceptors (Lipinski definition) is 6. The quantitative estimate of drug-likeness (QED) is 0.120. The molecule has 4 N–H and O–H groups in total. The molecule has 8 heteroatoms. The summed E-state index contributed by atoms with van der Waals surface area (Å²) in [6.45, 7) is 7.83. The number of aromatic nitrogens is 2. The summed E-state index contributed by atoms with van der Waals surface area (Å²) in [6.07, 6.45) is 0. The molecule has 7 nitrogen and oxygen atoms in total. The number of nitrogens with two attached hydrogens (primary N) is 1. The normalized spacial score (nSPS) is 13.1. The molecule has 0 saturated carbocycles. The van der Waals surface area contributed by atoms with Gasteiger partial charge in [0.2, 0.25) is 5.91 Å². The fraction of sp³-hybridized carbons (Fsp3) is 0.200. The Morgan fingerprint density at radius 1 is 0.875 bits per heavy atom. The van der Waals surface area contributed by atoms with Gasteiger partial charge in [-0.25, -0.2) is 0 Å². The average molecular weight is 654 g/mol. The highest BCUT2D eigenvalue weighted by Crippen LogP contribution is 2.51. The third-order valence-corrected chi connectivity index (χ3v) is 10.7. The molecular weight excluding hydrogens is 615 g/mol. The van der Waals surface area contributed by atoms with Crippen LogP contribution in [-0.4, -0.2) is 45.3 Å². The summed E-state index contributed by atoms with van der Waals surface area (Å²) < 4.78 is 2.06. The Hall–Kier alpha value is -4.89. The Balaban J connectivity index is 1.44. The number of nitrogens with zero attached hydrogens (tertiary/aromatic N) is 3. The maximum atomic E-state index is 13.8. The standard InChI is InChI=1S/C40H39N5O2S/c1-3-44(4-2)24-25-45-33-22-21-31(38-35(33)36(43-45)32-26-30(46)20-23-34(32)48-38)37(39(41)47)42-40(27-14-8-5-9-15-27,28-16-10-6-11-17-28)29-18-12-7-13-19-29/h5-23,26,37,42,46H,3-4,24-25H2,1-2H3,(H2,41,47). The van der Waals surface area contributed by atoms with E-state index in [9.17, 15) is 9.90 Å². The molecule has 48 heavy (non-hydrogen) atoms. The molecule has 1 aliphatic rings. The van der Waals surface area contributed by atoms with Crippen molar-refractivity contribution >= 4 is 28.6 Å². The minimum Gasteiger partial charge on any atom is -0.508 e. The maximum Gasteiger partial charge on any atom is 0.239 e. The molecule has 0 fully saturated rings. The number of rotatable bonds is 12. The number of carbonyl (C=O) groups excluding carboxylic acids is 1. The molecule has 5 aromatic carbocycles. The predicted octanol–water partition coefficient (Wildman–Crippen LogP) is 7.32. The van der Waals surface area contributed by atoms with Crippen LogP contribution in [0.2, 0.25) is 0 Å². The topological polar surface area (TPSA) is 96.4 Å². The maximum absolute atomic E-state index is 13.8. The van der Waals surface area contributed by atoms with Crippen molar-refractivity contribution in [2.24, 2.45) is 5.73 Å². The zero-order valence-corrected chi connectivity index (χ0v) is 28.0. The first kappa shape index (κ1) is 31.7. The lowest BCUT2D eigenvalue weighted by Gasteiger charge is -2.40. The van der Waals surface area contributed by atoms with Crippen LogP contribution in [0.15, 0.2) is 131 Å². The number of benzene rings is 5. The molecule has 0 bridgehead atoms. The number of fused-ring (bicyclic) bond motifs is 2. The molecule has 1 aliphatic heterocycles. The van der Waals surface area contributed by atoms with Crippen molar-refractivity contribution in [1.29, 1.82) is 0 Å². The first-order chi connectivity index (χ1) is 23.4. The van der Waals surface area contributed by atoms with Crippen molar-refractivity contribution in [3.8, 4) is 17.0 Å². The van der Waals surface area contributed by atoms with E-state index in [1.807, 2.05) is 66.7 Å². The van der Waals surface area contributed by atoms with Crippen molar-refractivity contribution in [2.75, 3.05) is 19.6 Å². The van der Waals surface area contributed by atoms with E-state index in [4.69, 9.17) is 10.8 Å². The molecular formula is C40H39N5O2S. The lowest BCUT2D eigenvalue weighted by Crippen LogP contribution is -2.50. The second kappa shape index (κ2) is 13.3. The van der Waals surface area contributed by atoms with Crippen LogP contribution in [0.1, 0.15) is 42.1 Å². The largest absolute Gasteiger partial charge is 0.508 e. The highest BCUT2D eigenvalue weighted by atomic mass is 32.2. The monoisotopic (exact) mass is 653 g/mol. The molecule has 0 radical (unpaired) electrons. The summed E-state index contributed by atoms with van der Waals surface area (Å²) in [7, 11) is 0. The molecule has 0 aliphatic carbocycles. The zero-order valence-electron chi connectivity index (χ0n) is 27.1. The first-order valence-corrected chi connectivity index (χ1v) is 17.3. The molecule has 0 spiro atoms. The molecule has 7 rings (SSSR count).